The van der Waals surface area contributed by atoms with Crippen LogP contribution in [-0.2, 0) is 14.3 Å². The molecule has 1 aromatic carbocycles. The number of nitrogens with one attached hydrogen (secondary N) is 1. The maximum atomic E-state index is 11.8. The first-order valence-corrected chi connectivity index (χ1v) is 5.49. The summed E-state index contributed by atoms with van der Waals surface area (Å²) in [5.74, 6) is -1.91. The SMILES string of the molecule is CCOC(=O)C(C(=O)Nc1ccccc1)=C(C)O. The Morgan fingerprint density at radius 3 is 2.39 bits per heavy atom. The van der Waals surface area contributed by atoms with Crippen molar-refractivity contribution in [1.82, 2.24) is 0 Å². The number of carbonyl (C=O) groups excluding carboxylic acids is 2. The second kappa shape index (κ2) is 6.44. The molecule has 0 saturated heterocycles. The lowest BCUT2D eigenvalue weighted by atomic mass is 10.2. The topological polar surface area (TPSA) is 75.6 Å². The molecule has 1 amide bonds. The highest BCUT2D eigenvalue weighted by Gasteiger charge is 2.22. The Labute approximate surface area is 105 Å². The van der Waals surface area contributed by atoms with Crippen LogP contribution in [0.25, 0.3) is 0 Å². The van der Waals surface area contributed by atoms with E-state index in [4.69, 9.17) is 4.74 Å². The van der Waals surface area contributed by atoms with Gasteiger partial charge in [-0.3, -0.25) is 4.79 Å². The van der Waals surface area contributed by atoms with Gasteiger partial charge in [0, 0.05) is 5.69 Å². The molecule has 0 aliphatic carbocycles. The molecule has 0 radical (unpaired) electrons. The summed E-state index contributed by atoms with van der Waals surface area (Å²) in [7, 11) is 0. The fraction of sp³-hybridized carbons (Fsp3) is 0.231. The second-order valence-electron chi connectivity index (χ2n) is 3.50. The molecule has 0 spiro atoms. The number of para-hydroxylation sites is 1. The molecular weight excluding hydrogens is 234 g/mol. The van der Waals surface area contributed by atoms with Crippen molar-refractivity contribution in [1.29, 1.82) is 0 Å². The van der Waals surface area contributed by atoms with E-state index in [0.29, 0.717) is 5.69 Å². The van der Waals surface area contributed by atoms with E-state index in [0.717, 1.165) is 0 Å². The summed E-state index contributed by atoms with van der Waals surface area (Å²) in [6.07, 6.45) is 0. The first-order chi connectivity index (χ1) is 8.56. The highest BCUT2D eigenvalue weighted by molar-refractivity contribution is 6.21. The van der Waals surface area contributed by atoms with Gasteiger partial charge in [0.15, 0.2) is 5.57 Å². The van der Waals surface area contributed by atoms with Crippen LogP contribution < -0.4 is 5.32 Å². The van der Waals surface area contributed by atoms with E-state index < -0.39 is 11.9 Å². The van der Waals surface area contributed by atoms with Crippen LogP contribution in [0.4, 0.5) is 5.69 Å². The number of amides is 1. The molecule has 2 N–H and O–H groups in total. The molecule has 96 valence electrons. The molecule has 0 aliphatic heterocycles. The van der Waals surface area contributed by atoms with E-state index in [9.17, 15) is 14.7 Å². The Morgan fingerprint density at radius 2 is 1.89 bits per heavy atom. The Morgan fingerprint density at radius 1 is 1.28 bits per heavy atom. The van der Waals surface area contributed by atoms with E-state index in [-0.39, 0.29) is 17.9 Å². The lowest BCUT2D eigenvalue weighted by Crippen LogP contribution is -2.23. The quantitative estimate of drug-likeness (QED) is 0.281. The molecule has 1 rings (SSSR count). The molecular formula is C13H15NO4. The van der Waals surface area contributed by atoms with Gasteiger partial charge in [0.25, 0.3) is 5.91 Å². The number of hydrogen-bond donors (Lipinski definition) is 2. The molecule has 0 atom stereocenters. The maximum absolute atomic E-state index is 11.8. The van der Waals surface area contributed by atoms with Crippen LogP contribution in [0.5, 0.6) is 0 Å². The van der Waals surface area contributed by atoms with Crippen LogP contribution in [-0.4, -0.2) is 23.6 Å². The molecule has 0 aromatic heterocycles. The number of rotatable bonds is 4. The van der Waals surface area contributed by atoms with Crippen molar-refractivity contribution < 1.29 is 19.4 Å². The van der Waals surface area contributed by atoms with Gasteiger partial charge in [-0.25, -0.2) is 4.79 Å². The van der Waals surface area contributed by atoms with E-state index in [1.54, 1.807) is 37.3 Å². The van der Waals surface area contributed by atoms with Crippen molar-refractivity contribution in [2.45, 2.75) is 13.8 Å². The average Bonchev–Trinajstić information content (AvgIpc) is 2.30. The average molecular weight is 249 g/mol. The zero-order valence-electron chi connectivity index (χ0n) is 10.3. The monoisotopic (exact) mass is 249 g/mol. The van der Waals surface area contributed by atoms with Gasteiger partial charge in [0.2, 0.25) is 0 Å². The number of aliphatic hydroxyl groups is 1. The number of aliphatic hydroxyl groups excluding tert-OH is 1. The number of ether oxygens (including phenoxy) is 1. The molecule has 0 saturated carbocycles. The van der Waals surface area contributed by atoms with Crippen LogP contribution in [0.15, 0.2) is 41.7 Å². The van der Waals surface area contributed by atoms with Gasteiger partial charge in [0.1, 0.15) is 5.76 Å². The number of anilines is 1. The first-order valence-electron chi connectivity index (χ1n) is 5.49. The Kier molecular flexibility index (Phi) is 4.92. The first kappa shape index (κ1) is 13.8. The highest BCUT2D eigenvalue weighted by Crippen LogP contribution is 2.10. The van der Waals surface area contributed by atoms with E-state index in [1.165, 1.54) is 6.92 Å². The van der Waals surface area contributed by atoms with Crippen LogP contribution in [0, 0.1) is 0 Å². The summed E-state index contributed by atoms with van der Waals surface area (Å²) in [5.41, 5.74) is 0.145. The number of esters is 1. The number of hydrogen-bond acceptors (Lipinski definition) is 4. The summed E-state index contributed by atoms with van der Waals surface area (Å²) in [6.45, 7) is 3.02. The van der Waals surface area contributed by atoms with Crippen molar-refractivity contribution in [3.05, 3.63) is 41.7 Å². The lowest BCUT2D eigenvalue weighted by Gasteiger charge is -2.08. The number of carbonyl (C=O) groups is 2. The molecule has 0 unspecified atom stereocenters. The summed E-state index contributed by atoms with van der Waals surface area (Å²) in [5, 5.41) is 11.9. The third-order valence-electron chi connectivity index (χ3n) is 2.10. The van der Waals surface area contributed by atoms with Gasteiger partial charge in [-0.1, -0.05) is 18.2 Å². The van der Waals surface area contributed by atoms with E-state index in [2.05, 4.69) is 5.32 Å². The smallest absolute Gasteiger partial charge is 0.347 e. The third kappa shape index (κ3) is 3.62. The molecule has 0 aliphatic rings. The van der Waals surface area contributed by atoms with Crippen molar-refractivity contribution in [2.75, 3.05) is 11.9 Å². The van der Waals surface area contributed by atoms with Crippen molar-refractivity contribution in [2.24, 2.45) is 0 Å². The Balaban J connectivity index is 2.86. The standard InChI is InChI=1S/C13H15NO4/c1-3-18-13(17)11(9(2)15)12(16)14-10-7-5-4-6-8-10/h4-8,15H,3H2,1-2H3,(H,14,16). The van der Waals surface area contributed by atoms with Crippen molar-refractivity contribution >= 4 is 17.6 Å². The van der Waals surface area contributed by atoms with Gasteiger partial charge in [-0.15, -0.1) is 0 Å². The maximum Gasteiger partial charge on any atom is 0.347 e. The second-order valence-corrected chi connectivity index (χ2v) is 3.50. The van der Waals surface area contributed by atoms with Crippen molar-refractivity contribution in [3.8, 4) is 0 Å². The zero-order chi connectivity index (χ0) is 13.5. The summed E-state index contributed by atoms with van der Waals surface area (Å²) in [6, 6.07) is 8.64. The van der Waals surface area contributed by atoms with E-state index in [1.807, 2.05) is 0 Å². The molecule has 5 nitrogen and oxygen atoms in total. The van der Waals surface area contributed by atoms with Gasteiger partial charge in [0.05, 0.1) is 6.61 Å². The van der Waals surface area contributed by atoms with E-state index >= 15 is 0 Å². The van der Waals surface area contributed by atoms with Crippen molar-refractivity contribution in [3.63, 3.8) is 0 Å². The largest absolute Gasteiger partial charge is 0.511 e. The summed E-state index contributed by atoms with van der Waals surface area (Å²) >= 11 is 0. The molecule has 0 fully saturated rings. The molecule has 1 aromatic rings. The van der Waals surface area contributed by atoms with Crippen LogP contribution in [0.3, 0.4) is 0 Å². The molecule has 5 heteroatoms. The normalized spacial score (nSPS) is 11.4. The third-order valence-corrected chi connectivity index (χ3v) is 2.10. The highest BCUT2D eigenvalue weighted by atomic mass is 16.5. The molecule has 0 heterocycles. The zero-order valence-corrected chi connectivity index (χ0v) is 10.3. The minimum atomic E-state index is -0.842. The van der Waals surface area contributed by atoms with Gasteiger partial charge in [-0.2, -0.15) is 0 Å². The number of allylic oxidation sites excluding steroid dienone is 1. The Hall–Kier alpha value is -2.30. The van der Waals surface area contributed by atoms with Crippen LogP contribution >= 0.6 is 0 Å². The fourth-order valence-corrected chi connectivity index (χ4v) is 1.32. The van der Waals surface area contributed by atoms with Crippen LogP contribution in [0.1, 0.15) is 13.8 Å². The molecule has 0 bridgehead atoms. The van der Waals surface area contributed by atoms with Gasteiger partial charge < -0.3 is 15.2 Å². The predicted octanol–water partition coefficient (Wildman–Crippen LogP) is 2.02. The minimum absolute atomic E-state index is 0.133. The Bertz CT molecular complexity index is 461. The fourth-order valence-electron chi connectivity index (χ4n) is 1.32. The lowest BCUT2D eigenvalue weighted by molar-refractivity contribution is -0.140. The van der Waals surface area contributed by atoms with Crippen LogP contribution in [0.2, 0.25) is 0 Å². The predicted molar refractivity (Wildman–Crippen MR) is 67.0 cm³/mol. The minimum Gasteiger partial charge on any atom is -0.511 e. The van der Waals surface area contributed by atoms with Gasteiger partial charge in [-0.05, 0) is 26.0 Å². The summed E-state index contributed by atoms with van der Waals surface area (Å²) < 4.78 is 4.71. The molecule has 18 heavy (non-hydrogen) atoms. The number of benzene rings is 1. The van der Waals surface area contributed by atoms with Gasteiger partial charge >= 0.3 is 5.97 Å². The summed E-state index contributed by atoms with van der Waals surface area (Å²) in [4.78, 5) is 23.4.